The monoisotopic (exact) mass is 465 g/mol. The average molecular weight is 466 g/mol. The van der Waals surface area contributed by atoms with E-state index in [1.54, 1.807) is 31.2 Å². The van der Waals surface area contributed by atoms with E-state index in [1.807, 2.05) is 30.5 Å². The highest BCUT2D eigenvalue weighted by molar-refractivity contribution is 7.87. The fourth-order valence-electron chi connectivity index (χ4n) is 3.03. The summed E-state index contributed by atoms with van der Waals surface area (Å²) in [5.41, 5.74) is 4.10. The lowest BCUT2D eigenvalue weighted by atomic mass is 10.1. The van der Waals surface area contributed by atoms with Gasteiger partial charge in [-0.3, -0.25) is 4.79 Å². The zero-order valence-electron chi connectivity index (χ0n) is 17.3. The number of carbonyl (C=O) groups excluding carboxylic acids is 1. The van der Waals surface area contributed by atoms with Crippen molar-refractivity contribution in [1.29, 1.82) is 0 Å². The van der Waals surface area contributed by atoms with Gasteiger partial charge in [-0.25, -0.2) is 0 Å². The number of hydrogen-bond donors (Lipinski definition) is 1. The molecule has 0 radical (unpaired) electrons. The van der Waals surface area contributed by atoms with Crippen LogP contribution in [0.25, 0.3) is 11.3 Å². The van der Waals surface area contributed by atoms with Gasteiger partial charge in [0, 0.05) is 22.2 Å². The maximum Gasteiger partial charge on any atom is 0.339 e. The highest BCUT2D eigenvalue weighted by atomic mass is 32.2. The van der Waals surface area contributed by atoms with Crippen LogP contribution in [0.1, 0.15) is 21.5 Å². The molecule has 0 aliphatic carbocycles. The Kier molecular flexibility index (Phi) is 6.02. The minimum absolute atomic E-state index is 0.121. The molecule has 0 unspecified atom stereocenters. The molecular weight excluding hydrogens is 446 g/mol. The van der Waals surface area contributed by atoms with Crippen molar-refractivity contribution in [3.63, 3.8) is 0 Å². The predicted octanol–water partition coefficient (Wildman–Crippen LogP) is 4.84. The van der Waals surface area contributed by atoms with E-state index in [0.717, 1.165) is 16.8 Å². The summed E-state index contributed by atoms with van der Waals surface area (Å²) in [5.74, 6) is -0.194. The molecule has 4 rings (SSSR count). The lowest BCUT2D eigenvalue weighted by Crippen LogP contribution is -2.13. The quantitative estimate of drug-likeness (QED) is 0.409. The number of carbonyl (C=O) groups is 1. The van der Waals surface area contributed by atoms with Crippen LogP contribution < -0.4 is 9.50 Å². The van der Waals surface area contributed by atoms with Crippen molar-refractivity contribution in [3.05, 3.63) is 88.8 Å². The number of nitrogens with zero attached hydrogens (tertiary/aromatic N) is 2. The molecule has 1 aromatic heterocycles. The second-order valence-corrected chi connectivity index (χ2v) is 9.28. The van der Waals surface area contributed by atoms with Gasteiger partial charge in [-0.1, -0.05) is 28.8 Å². The topological polar surface area (TPSA) is 98.2 Å². The Morgan fingerprint density at radius 2 is 1.69 bits per heavy atom. The summed E-state index contributed by atoms with van der Waals surface area (Å²) in [5, 5.41) is 8.66. The van der Waals surface area contributed by atoms with Crippen LogP contribution in [0.2, 0.25) is 0 Å². The van der Waals surface area contributed by atoms with Crippen LogP contribution in [0.4, 0.5) is 5.69 Å². The molecule has 0 aliphatic heterocycles. The first-order chi connectivity index (χ1) is 15.3. The van der Waals surface area contributed by atoms with Crippen molar-refractivity contribution >= 4 is 33.2 Å². The van der Waals surface area contributed by atoms with Gasteiger partial charge in [-0.15, -0.1) is 5.10 Å². The summed E-state index contributed by atoms with van der Waals surface area (Å²) >= 11 is 1.27. The second-order valence-electron chi connectivity index (χ2n) is 7.15. The second kappa shape index (κ2) is 8.89. The van der Waals surface area contributed by atoms with Crippen molar-refractivity contribution < 1.29 is 17.4 Å². The number of benzene rings is 3. The van der Waals surface area contributed by atoms with E-state index in [0.29, 0.717) is 16.8 Å². The zero-order chi connectivity index (χ0) is 22.7. The van der Waals surface area contributed by atoms with Crippen molar-refractivity contribution in [2.45, 2.75) is 18.7 Å². The molecule has 1 N–H and O–H groups in total. The molecule has 1 heterocycles. The van der Waals surface area contributed by atoms with Gasteiger partial charge in [0.05, 0.1) is 0 Å². The fraction of sp³-hybridized carbons (Fsp3) is 0.0870. The van der Waals surface area contributed by atoms with E-state index >= 15 is 0 Å². The van der Waals surface area contributed by atoms with Crippen molar-refractivity contribution in [3.8, 4) is 17.0 Å². The van der Waals surface area contributed by atoms with E-state index in [1.165, 1.54) is 35.8 Å². The molecule has 0 spiro atoms. The number of amides is 1. The Bertz CT molecular complexity index is 1350. The first-order valence-electron chi connectivity index (χ1n) is 9.62. The van der Waals surface area contributed by atoms with Crippen LogP contribution in [-0.4, -0.2) is 23.9 Å². The Balaban J connectivity index is 1.44. The number of hydrogen-bond acceptors (Lipinski definition) is 7. The van der Waals surface area contributed by atoms with Crippen LogP contribution >= 0.6 is 11.5 Å². The lowest BCUT2D eigenvalue weighted by molar-refractivity contribution is 0.102. The Morgan fingerprint density at radius 1 is 0.969 bits per heavy atom. The molecule has 162 valence electrons. The van der Waals surface area contributed by atoms with Crippen LogP contribution in [-0.2, 0) is 10.1 Å². The largest absolute Gasteiger partial charge is 0.379 e. The molecule has 0 atom stereocenters. The Hall–Kier alpha value is -3.56. The minimum Gasteiger partial charge on any atom is -0.379 e. The standard InChI is InChI=1S/C23H19N3O4S2/c1-15-3-4-16(2)22(13-15)32(28,29)30-20-11-7-18(8-12-20)23(27)24-19-9-5-17(6-10-19)21-14-31-26-25-21/h3-14H,1-2H3,(H,24,27). The smallest absolute Gasteiger partial charge is 0.339 e. The highest BCUT2D eigenvalue weighted by Crippen LogP contribution is 2.24. The minimum atomic E-state index is -3.98. The van der Waals surface area contributed by atoms with Crippen molar-refractivity contribution in [1.82, 2.24) is 9.59 Å². The highest BCUT2D eigenvalue weighted by Gasteiger charge is 2.20. The van der Waals surface area contributed by atoms with Gasteiger partial charge in [-0.05, 0) is 79.0 Å². The molecule has 0 aliphatic rings. The fourth-order valence-corrected chi connectivity index (χ4v) is 4.74. The molecule has 0 saturated carbocycles. The summed E-state index contributed by atoms with van der Waals surface area (Å²) in [7, 11) is -3.98. The third-order valence-corrected chi connectivity index (χ3v) is 6.63. The molecule has 7 nitrogen and oxygen atoms in total. The van der Waals surface area contributed by atoms with E-state index in [-0.39, 0.29) is 16.6 Å². The first-order valence-corrected chi connectivity index (χ1v) is 11.9. The Labute approximate surface area is 190 Å². The van der Waals surface area contributed by atoms with E-state index in [9.17, 15) is 13.2 Å². The Morgan fingerprint density at radius 3 is 2.34 bits per heavy atom. The molecule has 3 aromatic carbocycles. The van der Waals surface area contributed by atoms with Crippen LogP contribution in [0, 0.1) is 13.8 Å². The molecule has 0 bridgehead atoms. The van der Waals surface area contributed by atoms with E-state index in [4.69, 9.17) is 4.18 Å². The number of anilines is 1. The van der Waals surface area contributed by atoms with E-state index in [2.05, 4.69) is 14.9 Å². The SMILES string of the molecule is Cc1ccc(C)c(S(=O)(=O)Oc2ccc(C(=O)Nc3ccc(-c4csnn4)cc3)cc2)c1. The van der Waals surface area contributed by atoms with Crippen molar-refractivity contribution in [2.75, 3.05) is 5.32 Å². The molecule has 0 fully saturated rings. The third-order valence-electron chi connectivity index (χ3n) is 4.73. The van der Waals surface area contributed by atoms with Gasteiger partial charge < -0.3 is 9.50 Å². The number of aromatic nitrogens is 2. The summed E-state index contributed by atoms with van der Waals surface area (Å²) in [6, 6.07) is 18.3. The average Bonchev–Trinajstić information content (AvgIpc) is 3.31. The van der Waals surface area contributed by atoms with E-state index < -0.39 is 10.1 Å². The molecule has 1 amide bonds. The summed E-state index contributed by atoms with van der Waals surface area (Å²) in [4.78, 5) is 12.7. The maximum absolute atomic E-state index is 12.6. The van der Waals surface area contributed by atoms with Gasteiger partial charge in [0.2, 0.25) is 0 Å². The molecule has 4 aromatic rings. The van der Waals surface area contributed by atoms with Gasteiger partial charge in [-0.2, -0.15) is 8.42 Å². The third kappa shape index (κ3) is 4.84. The molecule has 32 heavy (non-hydrogen) atoms. The van der Waals surface area contributed by atoms with Gasteiger partial charge in [0.15, 0.2) is 0 Å². The zero-order valence-corrected chi connectivity index (χ0v) is 18.9. The number of aryl methyl sites for hydroxylation is 2. The summed E-state index contributed by atoms with van der Waals surface area (Å²) < 4.78 is 34.4. The van der Waals surface area contributed by atoms with Gasteiger partial charge in [0.25, 0.3) is 5.91 Å². The normalized spacial score (nSPS) is 11.2. The first kappa shape index (κ1) is 21.7. The van der Waals surface area contributed by atoms with Crippen LogP contribution in [0.5, 0.6) is 5.75 Å². The van der Waals surface area contributed by atoms with Gasteiger partial charge >= 0.3 is 10.1 Å². The van der Waals surface area contributed by atoms with Gasteiger partial charge in [0.1, 0.15) is 16.3 Å². The van der Waals surface area contributed by atoms with Crippen LogP contribution in [0.3, 0.4) is 0 Å². The molecule has 0 saturated heterocycles. The summed E-state index contributed by atoms with van der Waals surface area (Å²) in [6.45, 7) is 3.53. The van der Waals surface area contributed by atoms with Crippen molar-refractivity contribution in [2.24, 2.45) is 0 Å². The molecule has 9 heteroatoms. The maximum atomic E-state index is 12.6. The number of rotatable bonds is 6. The number of nitrogens with one attached hydrogen (secondary N) is 1. The predicted molar refractivity (Wildman–Crippen MR) is 123 cm³/mol. The lowest BCUT2D eigenvalue weighted by Gasteiger charge is -2.11. The summed E-state index contributed by atoms with van der Waals surface area (Å²) in [6.07, 6.45) is 0. The van der Waals surface area contributed by atoms with Crippen LogP contribution in [0.15, 0.2) is 77.0 Å². The molecular formula is C23H19N3O4S2.